The molecule has 0 saturated carbocycles. The van der Waals surface area contributed by atoms with Gasteiger partial charge in [-0.2, -0.15) is 0 Å². The Kier molecular flexibility index (Phi) is 5.59. The molecule has 0 radical (unpaired) electrons. The molecule has 0 bridgehead atoms. The highest BCUT2D eigenvalue weighted by atomic mass is 35.5. The lowest BCUT2D eigenvalue weighted by Crippen LogP contribution is -2.16. The van der Waals surface area contributed by atoms with Crippen LogP contribution in [0.2, 0.25) is 0 Å². The smallest absolute Gasteiger partial charge is 0.0304 e. The number of hydrogen-bond acceptors (Lipinski definition) is 2. The van der Waals surface area contributed by atoms with E-state index in [2.05, 4.69) is 0 Å². The van der Waals surface area contributed by atoms with E-state index in [1.807, 2.05) is 6.92 Å². The monoisotopic (exact) mass is 170 g/mol. The van der Waals surface area contributed by atoms with Crippen molar-refractivity contribution in [1.82, 2.24) is 3.94 Å². The summed E-state index contributed by atoms with van der Waals surface area (Å²) >= 11 is 10.6. The van der Waals surface area contributed by atoms with Gasteiger partial charge < -0.3 is 5.73 Å². The summed E-state index contributed by atoms with van der Waals surface area (Å²) < 4.78 is 1.13. The van der Waals surface area contributed by atoms with Crippen LogP contribution in [0, 0.1) is 0 Å². The predicted octanol–water partition coefficient (Wildman–Crippen LogP) is 1.72. The first-order valence-corrected chi connectivity index (χ1v) is 3.65. The van der Waals surface area contributed by atoms with Crippen LogP contribution in [0.25, 0.3) is 0 Å². The molecule has 2 nitrogen and oxygen atoms in total. The Morgan fingerprint density at radius 3 is 2.44 bits per heavy atom. The third kappa shape index (κ3) is 8.50. The molecule has 4 heteroatoms. The van der Waals surface area contributed by atoms with E-state index in [1.54, 1.807) is 0 Å². The van der Waals surface area contributed by atoms with Crippen molar-refractivity contribution in [3.05, 3.63) is 0 Å². The molecule has 0 rings (SSSR count). The fraction of sp³-hybridized carbons (Fsp3) is 1.00. The standard InChI is InChI=1S/C5H12Cl2N2/c1-5(8)3-2-4-9(6)7/h5H,2-4,8H2,1H3/t5-/m1/s1. The zero-order chi connectivity index (χ0) is 7.28. The first-order chi connectivity index (χ1) is 4.13. The number of rotatable bonds is 4. The van der Waals surface area contributed by atoms with Gasteiger partial charge in [-0.15, -0.1) is 3.94 Å². The van der Waals surface area contributed by atoms with Crippen LogP contribution in [0.15, 0.2) is 0 Å². The molecule has 0 saturated heterocycles. The number of nitrogens with zero attached hydrogens (tertiary/aromatic N) is 1. The molecule has 0 unspecified atom stereocenters. The van der Waals surface area contributed by atoms with Crippen LogP contribution in [0.1, 0.15) is 19.8 Å². The van der Waals surface area contributed by atoms with Crippen molar-refractivity contribution in [1.29, 1.82) is 0 Å². The SMILES string of the molecule is C[C@@H](N)CCCN(Cl)Cl. The Morgan fingerprint density at radius 1 is 1.56 bits per heavy atom. The van der Waals surface area contributed by atoms with Gasteiger partial charge in [0.15, 0.2) is 0 Å². The van der Waals surface area contributed by atoms with E-state index in [0.29, 0.717) is 6.54 Å². The number of nitrogens with two attached hydrogens (primary N) is 1. The molecule has 0 aliphatic rings. The molecule has 9 heavy (non-hydrogen) atoms. The van der Waals surface area contributed by atoms with E-state index in [1.165, 1.54) is 0 Å². The minimum absolute atomic E-state index is 0.248. The third-order valence-electron chi connectivity index (χ3n) is 0.987. The lowest BCUT2D eigenvalue weighted by molar-refractivity contribution is 0.566. The normalized spacial score (nSPS) is 14.3. The van der Waals surface area contributed by atoms with Crippen LogP contribution in [0.4, 0.5) is 0 Å². The second-order valence-corrected chi connectivity index (χ2v) is 3.14. The Morgan fingerprint density at radius 2 is 2.11 bits per heavy atom. The highest BCUT2D eigenvalue weighted by molar-refractivity contribution is 6.33. The molecule has 0 fully saturated rings. The van der Waals surface area contributed by atoms with Gasteiger partial charge in [-0.3, -0.25) is 0 Å². The van der Waals surface area contributed by atoms with Gasteiger partial charge >= 0.3 is 0 Å². The Bertz CT molecular complexity index is 58.0. The van der Waals surface area contributed by atoms with E-state index in [4.69, 9.17) is 29.3 Å². The summed E-state index contributed by atoms with van der Waals surface area (Å²) in [5.74, 6) is 0. The van der Waals surface area contributed by atoms with Crippen LogP contribution in [-0.2, 0) is 0 Å². The summed E-state index contributed by atoms with van der Waals surface area (Å²) in [4.78, 5) is 0. The zero-order valence-electron chi connectivity index (χ0n) is 5.48. The average Bonchev–Trinajstić information content (AvgIpc) is 1.63. The average molecular weight is 171 g/mol. The molecule has 0 aromatic rings. The lowest BCUT2D eigenvalue weighted by Gasteiger charge is -2.05. The summed E-state index contributed by atoms with van der Waals surface area (Å²) in [6.45, 7) is 2.65. The van der Waals surface area contributed by atoms with Gasteiger partial charge in [-0.05, 0) is 43.3 Å². The molecular formula is C5H12Cl2N2. The van der Waals surface area contributed by atoms with Gasteiger partial charge in [0.25, 0.3) is 0 Å². The van der Waals surface area contributed by atoms with Crippen molar-refractivity contribution in [2.24, 2.45) is 5.73 Å². The van der Waals surface area contributed by atoms with Crippen LogP contribution >= 0.6 is 23.6 Å². The van der Waals surface area contributed by atoms with Crippen molar-refractivity contribution >= 4 is 23.6 Å². The first-order valence-electron chi connectivity index (χ1n) is 2.97. The molecule has 0 amide bonds. The molecule has 56 valence electrons. The third-order valence-corrected chi connectivity index (χ3v) is 1.32. The molecule has 0 aromatic carbocycles. The molecule has 0 aliphatic carbocycles. The van der Waals surface area contributed by atoms with Gasteiger partial charge in [0.05, 0.1) is 0 Å². The molecule has 2 N–H and O–H groups in total. The van der Waals surface area contributed by atoms with E-state index < -0.39 is 0 Å². The van der Waals surface area contributed by atoms with E-state index in [9.17, 15) is 0 Å². The van der Waals surface area contributed by atoms with Crippen LogP contribution < -0.4 is 5.73 Å². The van der Waals surface area contributed by atoms with Crippen molar-refractivity contribution in [2.45, 2.75) is 25.8 Å². The van der Waals surface area contributed by atoms with Crippen molar-refractivity contribution in [3.63, 3.8) is 0 Å². The Hall–Kier alpha value is 0.500. The lowest BCUT2D eigenvalue weighted by atomic mass is 10.2. The summed E-state index contributed by atoms with van der Waals surface area (Å²) in [6.07, 6.45) is 1.92. The Balaban J connectivity index is 2.91. The maximum absolute atomic E-state index is 5.47. The quantitative estimate of drug-likeness (QED) is 0.652. The predicted molar refractivity (Wildman–Crippen MR) is 41.3 cm³/mol. The van der Waals surface area contributed by atoms with Gasteiger partial charge in [0.2, 0.25) is 0 Å². The Labute approximate surface area is 66.1 Å². The highest BCUT2D eigenvalue weighted by Gasteiger charge is 1.96. The molecule has 0 aromatic heterocycles. The maximum Gasteiger partial charge on any atom is 0.0304 e. The molecule has 0 heterocycles. The minimum atomic E-state index is 0.248. The number of halogens is 2. The summed E-state index contributed by atoms with van der Waals surface area (Å²) in [6, 6.07) is 0.248. The van der Waals surface area contributed by atoms with Crippen molar-refractivity contribution in [2.75, 3.05) is 6.54 Å². The van der Waals surface area contributed by atoms with E-state index in [0.717, 1.165) is 16.8 Å². The van der Waals surface area contributed by atoms with Gasteiger partial charge in [-0.25, -0.2) is 0 Å². The van der Waals surface area contributed by atoms with Crippen LogP contribution in [0.3, 0.4) is 0 Å². The summed E-state index contributed by atoms with van der Waals surface area (Å²) in [5.41, 5.74) is 5.47. The molecule has 1 atom stereocenters. The zero-order valence-corrected chi connectivity index (χ0v) is 6.99. The summed E-state index contributed by atoms with van der Waals surface area (Å²) in [7, 11) is 0. The number of hydrogen-bond donors (Lipinski definition) is 1. The fourth-order valence-corrected chi connectivity index (χ4v) is 0.772. The largest absolute Gasteiger partial charge is 0.328 e. The summed E-state index contributed by atoms with van der Waals surface area (Å²) in [5, 5.41) is 0. The van der Waals surface area contributed by atoms with Crippen LogP contribution in [-0.4, -0.2) is 16.5 Å². The second kappa shape index (κ2) is 5.30. The van der Waals surface area contributed by atoms with E-state index >= 15 is 0 Å². The topological polar surface area (TPSA) is 29.3 Å². The minimum Gasteiger partial charge on any atom is -0.328 e. The van der Waals surface area contributed by atoms with Gasteiger partial charge in [0.1, 0.15) is 0 Å². The van der Waals surface area contributed by atoms with Gasteiger partial charge in [-0.1, -0.05) is 0 Å². The molecular weight excluding hydrogens is 159 g/mol. The highest BCUT2D eigenvalue weighted by Crippen LogP contribution is 2.02. The fourth-order valence-electron chi connectivity index (χ4n) is 0.533. The van der Waals surface area contributed by atoms with Gasteiger partial charge in [0, 0.05) is 12.6 Å². The van der Waals surface area contributed by atoms with E-state index in [-0.39, 0.29) is 6.04 Å². The van der Waals surface area contributed by atoms with Crippen molar-refractivity contribution in [3.8, 4) is 0 Å². The maximum atomic E-state index is 5.47. The first kappa shape index (κ1) is 9.50. The molecule has 0 spiro atoms. The second-order valence-electron chi connectivity index (χ2n) is 2.15. The van der Waals surface area contributed by atoms with Crippen molar-refractivity contribution < 1.29 is 0 Å². The molecule has 0 aliphatic heterocycles. The van der Waals surface area contributed by atoms with Crippen LogP contribution in [0.5, 0.6) is 0 Å².